The first-order chi connectivity index (χ1) is 8.74. The van der Waals surface area contributed by atoms with Crippen LogP contribution in [-0.4, -0.2) is 6.61 Å². The highest BCUT2D eigenvalue weighted by atomic mass is 19.2. The Kier molecular flexibility index (Phi) is 4.34. The summed E-state index contributed by atoms with van der Waals surface area (Å²) in [5.74, 6) is -1.50. The van der Waals surface area contributed by atoms with Crippen molar-refractivity contribution in [3.8, 4) is 5.75 Å². The van der Waals surface area contributed by atoms with Crippen LogP contribution in [-0.2, 0) is 0 Å². The van der Waals surface area contributed by atoms with Gasteiger partial charge in [-0.15, -0.1) is 0 Å². The third-order valence-corrected chi connectivity index (χ3v) is 3.48. The maximum atomic E-state index is 14.0. The van der Waals surface area contributed by atoms with Crippen LogP contribution < -0.4 is 4.74 Å². The number of benzene rings is 1. The summed E-state index contributed by atoms with van der Waals surface area (Å²) in [6, 6.07) is 3.18. The molecule has 1 saturated carbocycles. The maximum Gasteiger partial charge on any atom is 0.200 e. The van der Waals surface area contributed by atoms with E-state index in [0.29, 0.717) is 5.56 Å². The predicted octanol–water partition coefficient (Wildman–Crippen LogP) is 4.58. The second-order valence-corrected chi connectivity index (χ2v) is 4.72. The normalized spacial score (nSPS) is 16.6. The fourth-order valence-electron chi connectivity index (χ4n) is 2.54. The molecule has 1 aliphatic rings. The molecule has 98 valence electrons. The van der Waals surface area contributed by atoms with Crippen molar-refractivity contribution in [3.63, 3.8) is 0 Å². The van der Waals surface area contributed by atoms with Gasteiger partial charge in [-0.1, -0.05) is 38.0 Å². The molecule has 0 spiro atoms. The summed E-state index contributed by atoms with van der Waals surface area (Å²) in [7, 11) is 0. The molecule has 2 rings (SSSR count). The minimum atomic E-state index is -0.875. The van der Waals surface area contributed by atoms with E-state index < -0.39 is 11.6 Å². The average Bonchev–Trinajstić information content (AvgIpc) is 2.41. The monoisotopic (exact) mass is 252 g/mol. The third kappa shape index (κ3) is 2.71. The molecule has 1 aromatic rings. The van der Waals surface area contributed by atoms with Crippen molar-refractivity contribution in [2.75, 3.05) is 6.61 Å². The van der Waals surface area contributed by atoms with Gasteiger partial charge in [0.25, 0.3) is 0 Å². The van der Waals surface area contributed by atoms with Gasteiger partial charge in [0.15, 0.2) is 11.6 Å². The Morgan fingerprint density at radius 2 is 1.89 bits per heavy atom. The van der Waals surface area contributed by atoms with Crippen LogP contribution in [0.4, 0.5) is 8.78 Å². The second kappa shape index (κ2) is 5.98. The van der Waals surface area contributed by atoms with Gasteiger partial charge in [0, 0.05) is 0 Å². The zero-order valence-corrected chi connectivity index (χ0v) is 10.4. The molecule has 1 nitrogen and oxygen atoms in total. The molecule has 0 bridgehead atoms. The van der Waals surface area contributed by atoms with Gasteiger partial charge in [0.1, 0.15) is 6.61 Å². The van der Waals surface area contributed by atoms with Gasteiger partial charge in [0.05, 0.1) is 0 Å². The Balaban J connectivity index is 2.22. The largest absolute Gasteiger partial charge is 0.486 e. The molecule has 18 heavy (non-hydrogen) atoms. The molecular formula is C15H18F2O. The highest BCUT2D eigenvalue weighted by molar-refractivity contribution is 5.33. The van der Waals surface area contributed by atoms with Crippen LogP contribution in [0.25, 0.3) is 0 Å². The summed E-state index contributed by atoms with van der Waals surface area (Å²) in [4.78, 5) is 0. The maximum absolute atomic E-state index is 14.0. The molecule has 1 fully saturated rings. The Bertz CT molecular complexity index is 423. The lowest BCUT2D eigenvalue weighted by Crippen LogP contribution is -2.09. The molecule has 3 heteroatoms. The Labute approximate surface area is 106 Å². The van der Waals surface area contributed by atoms with Crippen molar-refractivity contribution in [1.82, 2.24) is 0 Å². The van der Waals surface area contributed by atoms with E-state index in [0.717, 1.165) is 25.7 Å². The van der Waals surface area contributed by atoms with Crippen molar-refractivity contribution < 1.29 is 13.5 Å². The number of hydrogen-bond acceptors (Lipinski definition) is 1. The lowest BCUT2D eigenvalue weighted by Gasteiger charge is -2.22. The number of halogens is 2. The fourth-order valence-corrected chi connectivity index (χ4v) is 2.54. The van der Waals surface area contributed by atoms with Crippen molar-refractivity contribution in [1.29, 1.82) is 0 Å². The van der Waals surface area contributed by atoms with Crippen molar-refractivity contribution in [2.45, 2.75) is 38.0 Å². The summed E-state index contributed by atoms with van der Waals surface area (Å²) in [6.45, 7) is 3.66. The number of ether oxygens (including phenoxy) is 1. The van der Waals surface area contributed by atoms with Crippen LogP contribution in [0.1, 0.15) is 43.6 Å². The fraction of sp³-hybridized carbons (Fsp3) is 0.467. The van der Waals surface area contributed by atoms with Gasteiger partial charge in [-0.2, -0.15) is 4.39 Å². The molecule has 0 aromatic heterocycles. The summed E-state index contributed by atoms with van der Waals surface area (Å²) in [5, 5.41) is 0. The van der Waals surface area contributed by atoms with Crippen LogP contribution >= 0.6 is 0 Å². The summed E-state index contributed by atoms with van der Waals surface area (Å²) >= 11 is 0. The van der Waals surface area contributed by atoms with E-state index in [4.69, 9.17) is 4.74 Å². The lowest BCUT2D eigenvalue weighted by molar-refractivity contribution is 0.329. The average molecular weight is 252 g/mol. The first kappa shape index (κ1) is 13.1. The smallest absolute Gasteiger partial charge is 0.200 e. The Hall–Kier alpha value is -1.38. The van der Waals surface area contributed by atoms with Gasteiger partial charge in [-0.05, 0) is 30.4 Å². The number of rotatable bonds is 4. The summed E-state index contributed by atoms with van der Waals surface area (Å²) in [5.41, 5.74) is 0.498. The van der Waals surface area contributed by atoms with Gasteiger partial charge >= 0.3 is 0 Å². The molecule has 1 aromatic carbocycles. The first-order valence-corrected chi connectivity index (χ1v) is 6.45. The SMILES string of the molecule is C=CCOc1ccc(C2CCCCC2)c(F)c1F. The van der Waals surface area contributed by atoms with E-state index in [-0.39, 0.29) is 18.3 Å². The van der Waals surface area contributed by atoms with E-state index in [2.05, 4.69) is 6.58 Å². The van der Waals surface area contributed by atoms with E-state index in [1.165, 1.54) is 18.6 Å². The minimum absolute atomic E-state index is 0.0352. The van der Waals surface area contributed by atoms with Crippen LogP contribution in [0.3, 0.4) is 0 Å². The highest BCUT2D eigenvalue weighted by Crippen LogP contribution is 2.36. The van der Waals surface area contributed by atoms with Crippen molar-refractivity contribution >= 4 is 0 Å². The minimum Gasteiger partial charge on any atom is -0.486 e. The van der Waals surface area contributed by atoms with Crippen molar-refractivity contribution in [3.05, 3.63) is 42.0 Å². The molecule has 0 saturated heterocycles. The van der Waals surface area contributed by atoms with E-state index in [1.54, 1.807) is 6.07 Å². The third-order valence-electron chi connectivity index (χ3n) is 3.48. The van der Waals surface area contributed by atoms with Crippen LogP contribution in [0.5, 0.6) is 5.75 Å². The topological polar surface area (TPSA) is 9.23 Å². The Morgan fingerprint density at radius 3 is 2.56 bits per heavy atom. The lowest BCUT2D eigenvalue weighted by atomic mass is 9.84. The van der Waals surface area contributed by atoms with E-state index in [9.17, 15) is 8.78 Å². The van der Waals surface area contributed by atoms with Gasteiger partial charge < -0.3 is 4.74 Å². The zero-order valence-electron chi connectivity index (χ0n) is 10.4. The molecule has 0 aliphatic heterocycles. The molecule has 0 heterocycles. The first-order valence-electron chi connectivity index (χ1n) is 6.45. The molecule has 0 radical (unpaired) electrons. The molecule has 0 amide bonds. The second-order valence-electron chi connectivity index (χ2n) is 4.72. The standard InChI is InChI=1S/C15H18F2O/c1-2-10-18-13-9-8-12(14(16)15(13)17)11-6-4-3-5-7-11/h2,8-9,11H,1,3-7,10H2. The van der Waals surface area contributed by atoms with E-state index in [1.807, 2.05) is 0 Å². The molecule has 0 unspecified atom stereocenters. The highest BCUT2D eigenvalue weighted by Gasteiger charge is 2.22. The van der Waals surface area contributed by atoms with Crippen molar-refractivity contribution in [2.24, 2.45) is 0 Å². The molecule has 1 aliphatic carbocycles. The summed E-state index contributed by atoms with van der Waals surface area (Å²) < 4.78 is 32.9. The molecule has 0 N–H and O–H groups in total. The van der Waals surface area contributed by atoms with Crippen LogP contribution in [0, 0.1) is 11.6 Å². The van der Waals surface area contributed by atoms with Crippen LogP contribution in [0.2, 0.25) is 0 Å². The molecular weight excluding hydrogens is 234 g/mol. The van der Waals surface area contributed by atoms with Gasteiger partial charge in [-0.25, -0.2) is 4.39 Å². The molecule has 0 atom stereocenters. The summed E-state index contributed by atoms with van der Waals surface area (Å²) in [6.07, 6.45) is 6.79. The van der Waals surface area contributed by atoms with Crippen LogP contribution in [0.15, 0.2) is 24.8 Å². The quantitative estimate of drug-likeness (QED) is 0.713. The predicted molar refractivity (Wildman–Crippen MR) is 67.9 cm³/mol. The van der Waals surface area contributed by atoms with Gasteiger partial charge in [0.2, 0.25) is 5.82 Å². The van der Waals surface area contributed by atoms with Gasteiger partial charge in [-0.3, -0.25) is 0 Å². The number of hydrogen-bond donors (Lipinski definition) is 0. The van der Waals surface area contributed by atoms with E-state index >= 15 is 0 Å². The zero-order chi connectivity index (χ0) is 13.0. The Morgan fingerprint density at radius 1 is 1.17 bits per heavy atom.